The first-order valence-corrected chi connectivity index (χ1v) is 11.6. The van der Waals surface area contributed by atoms with Crippen molar-refractivity contribution >= 4 is 5.91 Å². The van der Waals surface area contributed by atoms with E-state index in [9.17, 15) is 9.90 Å². The average Bonchev–Trinajstić information content (AvgIpc) is 3.26. The Hall–Kier alpha value is -2.49. The highest BCUT2D eigenvalue weighted by atomic mass is 16.5. The molecule has 2 heterocycles. The lowest BCUT2D eigenvalue weighted by molar-refractivity contribution is -0.136. The Kier molecular flexibility index (Phi) is 9.22. The molecular weight excluding hydrogens is 422 g/mol. The molecule has 3 atom stereocenters. The van der Waals surface area contributed by atoms with E-state index in [4.69, 9.17) is 9.47 Å². The Morgan fingerprint density at radius 1 is 1.39 bits per heavy atom. The third-order valence-electron chi connectivity index (χ3n) is 6.12. The van der Waals surface area contributed by atoms with Gasteiger partial charge in [0.2, 0.25) is 5.91 Å². The monoisotopic (exact) mass is 459 g/mol. The second-order valence-corrected chi connectivity index (χ2v) is 9.03. The van der Waals surface area contributed by atoms with Gasteiger partial charge in [0.1, 0.15) is 11.4 Å². The molecule has 9 nitrogen and oxygen atoms in total. The maximum Gasteiger partial charge on any atom is 0.222 e. The van der Waals surface area contributed by atoms with Crippen LogP contribution in [0.15, 0.2) is 30.5 Å². The van der Waals surface area contributed by atoms with Crippen molar-refractivity contribution in [3.63, 3.8) is 0 Å². The van der Waals surface area contributed by atoms with Crippen molar-refractivity contribution in [3.8, 4) is 5.75 Å². The molecule has 1 aromatic carbocycles. The van der Waals surface area contributed by atoms with Crippen LogP contribution in [0.4, 0.5) is 0 Å². The van der Waals surface area contributed by atoms with E-state index in [2.05, 4.69) is 35.2 Å². The minimum atomic E-state index is -0.238. The third-order valence-corrected chi connectivity index (χ3v) is 6.12. The lowest BCUT2D eigenvalue weighted by Crippen LogP contribution is -2.47. The number of aromatic nitrogens is 3. The van der Waals surface area contributed by atoms with Crippen molar-refractivity contribution in [1.29, 1.82) is 0 Å². The van der Waals surface area contributed by atoms with E-state index >= 15 is 0 Å². The zero-order valence-electron chi connectivity index (χ0n) is 20.2. The summed E-state index contributed by atoms with van der Waals surface area (Å²) in [6.07, 6.45) is 2.84. The largest absolute Gasteiger partial charge is 0.497 e. The van der Waals surface area contributed by atoms with Crippen molar-refractivity contribution in [2.45, 2.75) is 58.5 Å². The van der Waals surface area contributed by atoms with Gasteiger partial charge in [0.25, 0.3) is 0 Å². The highest BCUT2D eigenvalue weighted by molar-refractivity contribution is 5.76. The van der Waals surface area contributed by atoms with Gasteiger partial charge in [0, 0.05) is 38.5 Å². The van der Waals surface area contributed by atoms with E-state index in [0.717, 1.165) is 23.6 Å². The standard InChI is InChI=1S/C24H37N5O4/c1-18-12-29(19(2)16-30)24(31)9-6-10-28-14-21(25-26-28)17-33-23(18)15-27(3)13-20-7-5-8-22(11-20)32-4/h5,7-8,11,14,18-19,23,30H,6,9-10,12-13,15-17H2,1-4H3/t18-,19-,23+/m1/s1. The molecule has 1 aliphatic heterocycles. The highest BCUT2D eigenvalue weighted by Gasteiger charge is 2.28. The Balaban J connectivity index is 1.75. The van der Waals surface area contributed by atoms with Gasteiger partial charge in [0.15, 0.2) is 0 Å². The van der Waals surface area contributed by atoms with Crippen LogP contribution in [-0.2, 0) is 29.2 Å². The fourth-order valence-electron chi connectivity index (χ4n) is 4.15. The first-order valence-electron chi connectivity index (χ1n) is 11.6. The van der Waals surface area contributed by atoms with Crippen LogP contribution >= 0.6 is 0 Å². The SMILES string of the molecule is COc1cccc(CN(C)C[C@@H]2OCc3cn(nn3)CCCC(=O)N([C@H](C)CO)C[C@H]2C)c1. The lowest BCUT2D eigenvalue weighted by Gasteiger charge is -2.35. The molecule has 2 bridgehead atoms. The summed E-state index contributed by atoms with van der Waals surface area (Å²) in [7, 11) is 3.73. The zero-order chi connectivity index (χ0) is 23.8. The molecule has 0 radical (unpaired) electrons. The van der Waals surface area contributed by atoms with E-state index < -0.39 is 0 Å². The van der Waals surface area contributed by atoms with Crippen LogP contribution in [0.25, 0.3) is 0 Å². The second kappa shape index (κ2) is 12.1. The first-order chi connectivity index (χ1) is 15.9. The average molecular weight is 460 g/mol. The Morgan fingerprint density at radius 3 is 2.97 bits per heavy atom. The number of ether oxygens (including phenoxy) is 2. The highest BCUT2D eigenvalue weighted by Crippen LogP contribution is 2.19. The minimum Gasteiger partial charge on any atom is -0.497 e. The normalized spacial score (nSPS) is 21.3. The van der Waals surface area contributed by atoms with Gasteiger partial charge in [-0.15, -0.1) is 5.10 Å². The summed E-state index contributed by atoms with van der Waals surface area (Å²) in [6.45, 7) is 6.88. The predicted octanol–water partition coefficient (Wildman–Crippen LogP) is 1.94. The molecule has 182 valence electrons. The lowest BCUT2D eigenvalue weighted by atomic mass is 10.0. The molecule has 0 saturated heterocycles. The number of aliphatic hydroxyl groups excluding tert-OH is 1. The number of aliphatic hydroxyl groups is 1. The van der Waals surface area contributed by atoms with Gasteiger partial charge in [-0.3, -0.25) is 14.4 Å². The van der Waals surface area contributed by atoms with Crippen LogP contribution in [-0.4, -0.2) is 81.8 Å². The minimum absolute atomic E-state index is 0.0477. The quantitative estimate of drug-likeness (QED) is 0.676. The molecule has 0 saturated carbocycles. The number of carbonyl (C=O) groups excluding carboxylic acids is 1. The van der Waals surface area contributed by atoms with Crippen molar-refractivity contribution in [2.75, 3.05) is 33.9 Å². The van der Waals surface area contributed by atoms with Gasteiger partial charge < -0.3 is 19.5 Å². The molecule has 3 rings (SSSR count). The number of nitrogens with zero attached hydrogens (tertiary/aromatic N) is 5. The van der Waals surface area contributed by atoms with Gasteiger partial charge in [-0.25, -0.2) is 0 Å². The summed E-state index contributed by atoms with van der Waals surface area (Å²) in [5.74, 6) is 0.945. The van der Waals surface area contributed by atoms with E-state index in [-0.39, 0.29) is 30.6 Å². The fraction of sp³-hybridized carbons (Fsp3) is 0.625. The first kappa shape index (κ1) is 25.1. The zero-order valence-corrected chi connectivity index (χ0v) is 20.2. The third kappa shape index (κ3) is 7.25. The van der Waals surface area contributed by atoms with Gasteiger partial charge >= 0.3 is 0 Å². The molecule has 9 heteroatoms. The van der Waals surface area contributed by atoms with Crippen LogP contribution in [0.5, 0.6) is 5.75 Å². The summed E-state index contributed by atoms with van der Waals surface area (Å²) in [5.41, 5.74) is 1.94. The molecule has 1 aliphatic rings. The maximum absolute atomic E-state index is 13.0. The van der Waals surface area contributed by atoms with Crippen LogP contribution in [0.2, 0.25) is 0 Å². The Labute approximate surface area is 196 Å². The van der Waals surface area contributed by atoms with Crippen molar-refractivity contribution < 1.29 is 19.4 Å². The number of hydrogen-bond donors (Lipinski definition) is 1. The molecule has 0 aliphatic carbocycles. The topological polar surface area (TPSA) is 93.0 Å². The summed E-state index contributed by atoms with van der Waals surface area (Å²) >= 11 is 0. The number of methoxy groups -OCH3 is 1. The number of carbonyl (C=O) groups is 1. The summed E-state index contributed by atoms with van der Waals surface area (Å²) < 4.78 is 13.4. The van der Waals surface area contributed by atoms with Gasteiger partial charge in [-0.05, 0) is 38.1 Å². The molecule has 0 unspecified atom stereocenters. The number of benzene rings is 1. The smallest absolute Gasteiger partial charge is 0.222 e. The molecule has 1 aromatic heterocycles. The van der Waals surface area contributed by atoms with E-state index in [1.54, 1.807) is 16.7 Å². The number of likely N-dealkylation sites (N-methyl/N-ethyl adjacent to an activating group) is 1. The molecule has 0 spiro atoms. The summed E-state index contributed by atoms with van der Waals surface area (Å²) in [5, 5.41) is 18.1. The fourth-order valence-corrected chi connectivity index (χ4v) is 4.15. The molecule has 1 amide bonds. The predicted molar refractivity (Wildman–Crippen MR) is 125 cm³/mol. The maximum atomic E-state index is 13.0. The van der Waals surface area contributed by atoms with Crippen molar-refractivity contribution in [1.82, 2.24) is 24.8 Å². The number of fused-ring (bicyclic) bond motifs is 2. The van der Waals surface area contributed by atoms with Gasteiger partial charge in [0.05, 0.1) is 38.7 Å². The van der Waals surface area contributed by atoms with Crippen LogP contribution in [0, 0.1) is 5.92 Å². The van der Waals surface area contributed by atoms with Crippen LogP contribution in [0.1, 0.15) is 37.9 Å². The van der Waals surface area contributed by atoms with Crippen LogP contribution < -0.4 is 4.74 Å². The number of amides is 1. The number of rotatable bonds is 7. The second-order valence-electron chi connectivity index (χ2n) is 9.03. The molecule has 2 aromatic rings. The Morgan fingerprint density at radius 2 is 2.21 bits per heavy atom. The molecule has 1 N–H and O–H groups in total. The molecule has 33 heavy (non-hydrogen) atoms. The summed E-state index contributed by atoms with van der Waals surface area (Å²) in [4.78, 5) is 17.0. The van der Waals surface area contributed by atoms with E-state index in [1.807, 2.05) is 31.3 Å². The van der Waals surface area contributed by atoms with Crippen molar-refractivity contribution in [2.24, 2.45) is 5.92 Å². The van der Waals surface area contributed by atoms with Gasteiger partial charge in [-0.1, -0.05) is 24.3 Å². The Bertz CT molecular complexity index is 889. The number of aryl methyl sites for hydroxylation is 1. The molecular formula is C24H37N5O4. The van der Waals surface area contributed by atoms with Crippen molar-refractivity contribution in [3.05, 3.63) is 41.7 Å². The molecule has 0 fully saturated rings. The summed E-state index contributed by atoms with van der Waals surface area (Å²) in [6, 6.07) is 7.80. The van der Waals surface area contributed by atoms with E-state index in [1.165, 1.54) is 0 Å². The number of hydrogen-bond acceptors (Lipinski definition) is 7. The van der Waals surface area contributed by atoms with E-state index in [0.29, 0.717) is 39.1 Å². The van der Waals surface area contributed by atoms with Gasteiger partial charge in [-0.2, -0.15) is 0 Å². The van der Waals surface area contributed by atoms with Crippen LogP contribution in [0.3, 0.4) is 0 Å².